The minimum Gasteiger partial charge on any atom is -0.491 e. The summed E-state index contributed by atoms with van der Waals surface area (Å²) in [6.45, 7) is 9.84. The summed E-state index contributed by atoms with van der Waals surface area (Å²) in [5.74, 6) is 0.315. The number of benzene rings is 1. The minimum absolute atomic E-state index is 0. The Labute approximate surface area is 178 Å². The topological polar surface area (TPSA) is 77.1 Å². The molecule has 0 aromatic heterocycles. The third-order valence-corrected chi connectivity index (χ3v) is 4.80. The molecule has 0 aliphatic carbocycles. The average molecular weight is 425 g/mol. The molecular formula is C22H33FN2O5. The van der Waals surface area contributed by atoms with Crippen LogP contribution in [0.3, 0.4) is 0 Å². The Morgan fingerprint density at radius 3 is 2.70 bits per heavy atom. The third-order valence-electron chi connectivity index (χ3n) is 4.80. The zero-order valence-corrected chi connectivity index (χ0v) is 17.7. The van der Waals surface area contributed by atoms with Crippen molar-refractivity contribution >= 4 is 12.0 Å². The molecule has 2 amide bonds. The van der Waals surface area contributed by atoms with Gasteiger partial charge in [-0.1, -0.05) is 26.5 Å². The molecule has 7 nitrogen and oxygen atoms in total. The Morgan fingerprint density at radius 1 is 1.30 bits per heavy atom. The first-order valence-electron chi connectivity index (χ1n) is 10.3. The summed E-state index contributed by atoms with van der Waals surface area (Å²) in [4.78, 5) is 25.1. The molecule has 1 heterocycles. The zero-order chi connectivity index (χ0) is 21.9. The molecule has 0 spiro atoms. The smallest absolute Gasteiger partial charge is 0.407 e. The Hall–Kier alpha value is -2.61. The number of nitrogens with one attached hydrogen (secondary N) is 1. The van der Waals surface area contributed by atoms with Gasteiger partial charge in [-0.3, -0.25) is 4.79 Å². The number of halogens is 1. The molecule has 0 unspecified atom stereocenters. The highest BCUT2D eigenvalue weighted by molar-refractivity contribution is 5.87. The van der Waals surface area contributed by atoms with E-state index < -0.39 is 6.09 Å². The van der Waals surface area contributed by atoms with Gasteiger partial charge in [0.05, 0.1) is 13.2 Å². The van der Waals surface area contributed by atoms with Crippen molar-refractivity contribution in [2.45, 2.75) is 38.7 Å². The first-order valence-corrected chi connectivity index (χ1v) is 10.3. The van der Waals surface area contributed by atoms with E-state index in [2.05, 4.69) is 11.9 Å². The van der Waals surface area contributed by atoms with Crippen molar-refractivity contribution in [2.24, 2.45) is 0 Å². The first kappa shape index (κ1) is 23.7. The van der Waals surface area contributed by atoms with E-state index in [1.165, 1.54) is 18.2 Å². The SMILES string of the molecule is C=CC(=O)N1CCC(OC(=O)NCCOCCOc2cc(F)ccc2C(C)C)CC1.[HH]. The van der Waals surface area contributed by atoms with Gasteiger partial charge in [0.2, 0.25) is 5.91 Å². The van der Waals surface area contributed by atoms with Gasteiger partial charge in [0, 0.05) is 40.0 Å². The van der Waals surface area contributed by atoms with Crippen molar-refractivity contribution in [2.75, 3.05) is 39.5 Å². The fourth-order valence-electron chi connectivity index (χ4n) is 3.16. The lowest BCUT2D eigenvalue weighted by Crippen LogP contribution is -2.42. The fourth-order valence-corrected chi connectivity index (χ4v) is 3.16. The summed E-state index contributed by atoms with van der Waals surface area (Å²) in [5.41, 5.74) is 0.945. The van der Waals surface area contributed by atoms with Crippen LogP contribution < -0.4 is 10.1 Å². The number of carbonyl (C=O) groups is 2. The van der Waals surface area contributed by atoms with Crippen LogP contribution in [0.2, 0.25) is 0 Å². The van der Waals surface area contributed by atoms with E-state index in [-0.39, 0.29) is 31.8 Å². The van der Waals surface area contributed by atoms with Crippen LogP contribution in [-0.2, 0) is 14.3 Å². The Bertz CT molecular complexity index is 724. The monoisotopic (exact) mass is 424 g/mol. The zero-order valence-electron chi connectivity index (χ0n) is 17.7. The van der Waals surface area contributed by atoms with Gasteiger partial charge in [0.15, 0.2) is 0 Å². The van der Waals surface area contributed by atoms with Crippen molar-refractivity contribution in [3.63, 3.8) is 0 Å². The molecule has 0 bridgehead atoms. The van der Waals surface area contributed by atoms with E-state index in [4.69, 9.17) is 14.2 Å². The molecular weight excluding hydrogens is 391 g/mol. The van der Waals surface area contributed by atoms with E-state index >= 15 is 0 Å². The highest BCUT2D eigenvalue weighted by atomic mass is 19.1. The molecule has 0 radical (unpaired) electrons. The van der Waals surface area contributed by atoms with Gasteiger partial charge in [0.25, 0.3) is 0 Å². The van der Waals surface area contributed by atoms with Crippen molar-refractivity contribution < 1.29 is 29.6 Å². The molecule has 1 saturated heterocycles. The molecule has 8 heteroatoms. The molecule has 2 rings (SSSR count). The molecule has 30 heavy (non-hydrogen) atoms. The first-order chi connectivity index (χ1) is 14.4. The van der Waals surface area contributed by atoms with Crippen molar-refractivity contribution in [3.8, 4) is 5.75 Å². The lowest BCUT2D eigenvalue weighted by molar-refractivity contribution is -0.127. The van der Waals surface area contributed by atoms with Crippen molar-refractivity contribution in [1.29, 1.82) is 0 Å². The predicted octanol–water partition coefficient (Wildman–Crippen LogP) is 3.49. The van der Waals surface area contributed by atoms with Crippen LogP contribution >= 0.6 is 0 Å². The number of amides is 2. The molecule has 1 aliphatic rings. The Morgan fingerprint density at radius 2 is 2.03 bits per heavy atom. The molecule has 1 aliphatic heterocycles. The van der Waals surface area contributed by atoms with Crippen LogP contribution in [0.4, 0.5) is 9.18 Å². The van der Waals surface area contributed by atoms with Gasteiger partial charge in [-0.2, -0.15) is 0 Å². The lowest BCUT2D eigenvalue weighted by Gasteiger charge is -2.30. The van der Waals surface area contributed by atoms with Gasteiger partial charge >= 0.3 is 6.09 Å². The summed E-state index contributed by atoms with van der Waals surface area (Å²) in [5, 5.41) is 2.64. The normalized spacial score (nSPS) is 14.5. The number of rotatable bonds is 10. The Balaban J connectivity index is 0.00000480. The molecule has 0 atom stereocenters. The van der Waals surface area contributed by atoms with E-state index in [1.54, 1.807) is 11.0 Å². The highest BCUT2D eigenvalue weighted by Gasteiger charge is 2.23. The van der Waals surface area contributed by atoms with E-state index in [1.807, 2.05) is 13.8 Å². The van der Waals surface area contributed by atoms with Crippen LogP contribution in [0, 0.1) is 5.82 Å². The summed E-state index contributed by atoms with van der Waals surface area (Å²) in [6, 6.07) is 4.53. The predicted molar refractivity (Wildman–Crippen MR) is 113 cm³/mol. The maximum Gasteiger partial charge on any atom is 0.407 e. The summed E-state index contributed by atoms with van der Waals surface area (Å²) in [6.07, 6.45) is 1.82. The minimum atomic E-state index is -0.496. The van der Waals surface area contributed by atoms with Crippen LogP contribution in [-0.4, -0.2) is 62.5 Å². The maximum atomic E-state index is 13.4. The number of ether oxygens (including phenoxy) is 3. The summed E-state index contributed by atoms with van der Waals surface area (Å²) >= 11 is 0. The molecule has 0 saturated carbocycles. The Kier molecular flexibility index (Phi) is 9.60. The number of piperidine rings is 1. The van der Waals surface area contributed by atoms with Crippen LogP contribution in [0.25, 0.3) is 0 Å². The van der Waals surface area contributed by atoms with Crippen molar-refractivity contribution in [1.82, 2.24) is 10.2 Å². The molecule has 1 fully saturated rings. The summed E-state index contributed by atoms with van der Waals surface area (Å²) in [7, 11) is 0. The number of nitrogens with zero attached hydrogens (tertiary/aromatic N) is 1. The van der Waals surface area contributed by atoms with Crippen molar-refractivity contribution in [3.05, 3.63) is 42.2 Å². The van der Waals surface area contributed by atoms with Crippen LogP contribution in [0.1, 0.15) is 39.6 Å². The van der Waals surface area contributed by atoms with Crippen LogP contribution in [0.5, 0.6) is 5.75 Å². The third kappa shape index (κ3) is 7.67. The quantitative estimate of drug-likeness (QED) is 0.460. The number of likely N-dealkylation sites (tertiary alicyclic amines) is 1. The molecule has 1 aromatic rings. The number of hydrogen-bond donors (Lipinski definition) is 1. The summed E-state index contributed by atoms with van der Waals surface area (Å²) < 4.78 is 29.8. The largest absolute Gasteiger partial charge is 0.491 e. The number of hydrogen-bond acceptors (Lipinski definition) is 5. The molecule has 1 aromatic carbocycles. The van der Waals surface area contributed by atoms with Gasteiger partial charge < -0.3 is 24.4 Å². The lowest BCUT2D eigenvalue weighted by atomic mass is 10.0. The van der Waals surface area contributed by atoms with Gasteiger partial charge in [-0.15, -0.1) is 0 Å². The van der Waals surface area contributed by atoms with E-state index in [9.17, 15) is 14.0 Å². The maximum absolute atomic E-state index is 13.4. The average Bonchev–Trinajstić information content (AvgIpc) is 2.72. The van der Waals surface area contributed by atoms with Gasteiger partial charge in [0.1, 0.15) is 24.3 Å². The van der Waals surface area contributed by atoms with Crippen LogP contribution in [0.15, 0.2) is 30.9 Å². The fraction of sp³-hybridized carbons (Fsp3) is 0.545. The number of carbonyl (C=O) groups excluding carboxylic acids is 2. The molecule has 168 valence electrons. The second-order valence-electron chi connectivity index (χ2n) is 7.36. The second-order valence-corrected chi connectivity index (χ2v) is 7.36. The van der Waals surface area contributed by atoms with E-state index in [0.717, 1.165) is 5.56 Å². The van der Waals surface area contributed by atoms with E-state index in [0.29, 0.717) is 51.4 Å². The highest BCUT2D eigenvalue weighted by Crippen LogP contribution is 2.27. The van der Waals surface area contributed by atoms with Gasteiger partial charge in [-0.25, -0.2) is 9.18 Å². The number of alkyl carbamates (subject to hydrolysis) is 1. The second kappa shape index (κ2) is 12.2. The molecule has 1 N–H and O–H groups in total. The van der Waals surface area contributed by atoms with Gasteiger partial charge in [-0.05, 0) is 23.6 Å². The standard InChI is InChI=1S/C22H31FN2O5.H2/c1-4-21(26)25-10-7-18(8-11-25)30-22(27)24-9-12-28-13-14-29-20-15-17(23)5-6-19(20)16(2)3;/h4-6,15-16,18H,1,7-14H2,2-3H3,(H,24,27);1H.